The minimum absolute atomic E-state index is 0.0261. The van der Waals surface area contributed by atoms with Gasteiger partial charge >= 0.3 is 5.97 Å². The lowest BCUT2D eigenvalue weighted by molar-refractivity contribution is -0.174. The predicted octanol–water partition coefficient (Wildman–Crippen LogP) is 3.49. The van der Waals surface area contributed by atoms with Crippen molar-refractivity contribution in [1.29, 1.82) is 0 Å². The molecule has 1 atom stereocenters. The Bertz CT molecular complexity index is 1080. The zero-order chi connectivity index (χ0) is 21.8. The van der Waals surface area contributed by atoms with Crippen LogP contribution in [0.1, 0.15) is 31.8 Å². The molecule has 7 heteroatoms. The quantitative estimate of drug-likeness (QED) is 0.564. The smallest absolute Gasteiger partial charge is 0.335 e. The largest absolute Gasteiger partial charge is 0.489 e. The number of carboxylic acids is 1. The number of ether oxygens (including phenoxy) is 1. The third kappa shape index (κ3) is 4.46. The Hall–Kier alpha value is -3.97. The van der Waals surface area contributed by atoms with Crippen LogP contribution in [0, 0.1) is 0 Å². The molecule has 3 aromatic carbocycles. The molecule has 7 nitrogen and oxygen atoms in total. The molecule has 1 heterocycles. The van der Waals surface area contributed by atoms with Crippen molar-refractivity contribution in [2.24, 2.45) is 0 Å². The maximum absolute atomic E-state index is 12.4. The third-order valence-electron chi connectivity index (χ3n) is 4.86. The topological polar surface area (TPSA) is 93.1 Å². The van der Waals surface area contributed by atoms with E-state index >= 15 is 0 Å². The number of hydroxylamine groups is 2. The number of carboxylic acid groups (broad SMARTS) is 1. The highest BCUT2D eigenvalue weighted by atomic mass is 16.7. The van der Waals surface area contributed by atoms with Crippen LogP contribution in [0.3, 0.4) is 0 Å². The van der Waals surface area contributed by atoms with Crippen molar-refractivity contribution in [2.45, 2.75) is 19.1 Å². The molecule has 0 spiro atoms. The normalized spacial score (nSPS) is 13.7. The van der Waals surface area contributed by atoms with Gasteiger partial charge in [0.2, 0.25) is 0 Å². The van der Waals surface area contributed by atoms with Crippen molar-refractivity contribution in [3.63, 3.8) is 0 Å². The summed E-state index contributed by atoms with van der Waals surface area (Å²) in [6.07, 6.45) is -1.43. The van der Waals surface area contributed by atoms with Crippen LogP contribution in [0.2, 0.25) is 0 Å². The summed E-state index contributed by atoms with van der Waals surface area (Å²) in [6, 6.07) is 22.9. The van der Waals surface area contributed by atoms with E-state index in [4.69, 9.17) is 9.57 Å². The van der Waals surface area contributed by atoms with Gasteiger partial charge < -0.3 is 9.84 Å². The molecule has 0 radical (unpaired) electrons. The fourth-order valence-electron chi connectivity index (χ4n) is 3.24. The molecule has 0 aliphatic carbocycles. The summed E-state index contributed by atoms with van der Waals surface area (Å²) < 4.78 is 5.73. The van der Waals surface area contributed by atoms with Gasteiger partial charge in [-0.05, 0) is 35.4 Å². The summed E-state index contributed by atoms with van der Waals surface area (Å²) in [4.78, 5) is 41.9. The van der Waals surface area contributed by atoms with E-state index < -0.39 is 23.9 Å². The minimum atomic E-state index is -1.40. The summed E-state index contributed by atoms with van der Waals surface area (Å²) in [5.74, 6) is -1.98. The molecule has 0 saturated carbocycles. The van der Waals surface area contributed by atoms with Gasteiger partial charge in [0.1, 0.15) is 12.4 Å². The molecule has 156 valence electrons. The van der Waals surface area contributed by atoms with E-state index in [2.05, 4.69) is 0 Å². The van der Waals surface area contributed by atoms with Crippen LogP contribution >= 0.6 is 0 Å². The lowest BCUT2D eigenvalue weighted by Gasteiger charge is -2.19. The number of carbonyl (C=O) groups excluding carboxylic acids is 2. The predicted molar refractivity (Wildman–Crippen MR) is 110 cm³/mol. The lowest BCUT2D eigenvalue weighted by Crippen LogP contribution is -2.39. The van der Waals surface area contributed by atoms with Gasteiger partial charge in [0, 0.05) is 6.42 Å². The van der Waals surface area contributed by atoms with Crippen LogP contribution in [-0.4, -0.2) is 34.1 Å². The summed E-state index contributed by atoms with van der Waals surface area (Å²) in [5.41, 5.74) is 2.08. The maximum atomic E-state index is 12.4. The van der Waals surface area contributed by atoms with Crippen molar-refractivity contribution in [2.75, 3.05) is 0 Å². The molecule has 4 rings (SSSR count). The maximum Gasteiger partial charge on any atom is 0.335 e. The van der Waals surface area contributed by atoms with Gasteiger partial charge in [-0.3, -0.25) is 9.59 Å². The molecule has 0 aromatic heterocycles. The molecular formula is C24H19NO6. The molecule has 1 unspecified atom stereocenters. The fraction of sp³-hybridized carbons (Fsp3) is 0.125. The average molecular weight is 417 g/mol. The number of carbonyl (C=O) groups is 3. The van der Waals surface area contributed by atoms with Gasteiger partial charge in [0.15, 0.2) is 6.10 Å². The molecule has 31 heavy (non-hydrogen) atoms. The number of amides is 2. The van der Waals surface area contributed by atoms with E-state index in [1.54, 1.807) is 36.4 Å². The number of imide groups is 1. The van der Waals surface area contributed by atoms with Gasteiger partial charge in [0.05, 0.1) is 11.1 Å². The first-order valence-corrected chi connectivity index (χ1v) is 9.66. The molecule has 0 bridgehead atoms. The first kappa shape index (κ1) is 20.3. The molecule has 0 fully saturated rings. The number of hydrogen-bond donors (Lipinski definition) is 1. The minimum Gasteiger partial charge on any atom is -0.489 e. The van der Waals surface area contributed by atoms with Crippen molar-refractivity contribution in [3.8, 4) is 5.75 Å². The molecule has 1 aliphatic heterocycles. The average Bonchev–Trinajstić information content (AvgIpc) is 3.03. The Kier molecular flexibility index (Phi) is 5.77. The number of nitrogens with zero attached hydrogens (tertiary/aromatic N) is 1. The van der Waals surface area contributed by atoms with Gasteiger partial charge in [-0.2, -0.15) is 0 Å². The van der Waals surface area contributed by atoms with E-state index in [1.165, 1.54) is 12.1 Å². The molecule has 3 aromatic rings. The molecule has 1 aliphatic rings. The number of fused-ring (bicyclic) bond motifs is 1. The summed E-state index contributed by atoms with van der Waals surface area (Å²) in [7, 11) is 0. The molecule has 2 amide bonds. The standard InChI is InChI=1S/C24H19NO6/c26-22-19-8-4-5-9-20(19)23(27)25(22)31-21(24(28)29)14-16-10-12-18(13-11-16)30-15-17-6-2-1-3-7-17/h1-13,21H,14-15H2,(H,28,29). The Morgan fingerprint density at radius 3 is 1.97 bits per heavy atom. The van der Waals surface area contributed by atoms with Crippen molar-refractivity contribution in [3.05, 3.63) is 101 Å². The summed E-state index contributed by atoms with van der Waals surface area (Å²) >= 11 is 0. The first-order valence-electron chi connectivity index (χ1n) is 9.66. The van der Waals surface area contributed by atoms with E-state index in [0.29, 0.717) is 23.0 Å². The molecule has 0 saturated heterocycles. The zero-order valence-corrected chi connectivity index (χ0v) is 16.4. The SMILES string of the molecule is O=C(O)C(Cc1ccc(OCc2ccccc2)cc1)ON1C(=O)c2ccccc2C1=O. The van der Waals surface area contributed by atoms with Crippen LogP contribution < -0.4 is 4.74 Å². The Labute approximate surface area is 178 Å². The lowest BCUT2D eigenvalue weighted by atomic mass is 10.1. The van der Waals surface area contributed by atoms with Crippen molar-refractivity contribution in [1.82, 2.24) is 5.06 Å². The number of aliphatic carboxylic acids is 1. The number of rotatable bonds is 8. The Morgan fingerprint density at radius 2 is 1.39 bits per heavy atom. The highest BCUT2D eigenvalue weighted by Gasteiger charge is 2.39. The Morgan fingerprint density at radius 1 is 0.806 bits per heavy atom. The van der Waals surface area contributed by atoms with Crippen LogP contribution in [0.4, 0.5) is 0 Å². The van der Waals surface area contributed by atoms with Crippen LogP contribution in [0.15, 0.2) is 78.9 Å². The number of hydrogen-bond acceptors (Lipinski definition) is 5. The third-order valence-corrected chi connectivity index (χ3v) is 4.86. The summed E-state index contributed by atoms with van der Waals surface area (Å²) in [5, 5.41) is 10.1. The van der Waals surface area contributed by atoms with E-state index in [9.17, 15) is 19.5 Å². The highest BCUT2D eigenvalue weighted by molar-refractivity contribution is 6.20. The van der Waals surface area contributed by atoms with E-state index in [0.717, 1.165) is 5.56 Å². The van der Waals surface area contributed by atoms with Crippen LogP contribution in [-0.2, 0) is 22.7 Å². The van der Waals surface area contributed by atoms with Gasteiger partial charge in [-0.1, -0.05) is 54.6 Å². The van der Waals surface area contributed by atoms with Crippen LogP contribution in [0.25, 0.3) is 0 Å². The van der Waals surface area contributed by atoms with E-state index in [1.807, 2.05) is 30.3 Å². The fourth-order valence-corrected chi connectivity index (χ4v) is 3.24. The van der Waals surface area contributed by atoms with Crippen molar-refractivity contribution >= 4 is 17.8 Å². The number of benzene rings is 3. The highest BCUT2D eigenvalue weighted by Crippen LogP contribution is 2.24. The first-order chi connectivity index (χ1) is 15.0. The van der Waals surface area contributed by atoms with Gasteiger partial charge in [-0.15, -0.1) is 5.06 Å². The summed E-state index contributed by atoms with van der Waals surface area (Å²) in [6.45, 7) is 0.417. The van der Waals surface area contributed by atoms with Gasteiger partial charge in [0.25, 0.3) is 11.8 Å². The van der Waals surface area contributed by atoms with Gasteiger partial charge in [-0.25, -0.2) is 9.63 Å². The monoisotopic (exact) mass is 417 g/mol. The second-order valence-corrected chi connectivity index (χ2v) is 7.00. The second kappa shape index (κ2) is 8.81. The van der Waals surface area contributed by atoms with Crippen molar-refractivity contribution < 1.29 is 29.1 Å². The zero-order valence-electron chi connectivity index (χ0n) is 16.4. The Balaban J connectivity index is 1.40. The second-order valence-electron chi connectivity index (χ2n) is 7.00. The van der Waals surface area contributed by atoms with Crippen LogP contribution in [0.5, 0.6) is 5.75 Å². The molecular weight excluding hydrogens is 398 g/mol. The molecule has 1 N–H and O–H groups in total. The van der Waals surface area contributed by atoms with E-state index in [-0.39, 0.29) is 17.5 Å².